The van der Waals surface area contributed by atoms with Gasteiger partial charge in [-0.2, -0.15) is 0 Å². The third-order valence-electron chi connectivity index (χ3n) is 4.21. The first-order valence-electron chi connectivity index (χ1n) is 8.44. The van der Waals surface area contributed by atoms with E-state index in [9.17, 15) is 14.4 Å². The summed E-state index contributed by atoms with van der Waals surface area (Å²) in [5.41, 5.74) is -2.03. The maximum atomic E-state index is 13.1. The predicted octanol–water partition coefficient (Wildman–Crippen LogP) is 3.29. The zero-order valence-electron chi connectivity index (χ0n) is 15.1. The van der Waals surface area contributed by atoms with Gasteiger partial charge in [-0.3, -0.25) is 9.36 Å². The molecule has 2 aromatic rings. The van der Waals surface area contributed by atoms with E-state index in [1.807, 2.05) is 0 Å². The molecule has 0 amide bonds. The highest BCUT2D eigenvalue weighted by atomic mass is 79.9. The summed E-state index contributed by atoms with van der Waals surface area (Å²) in [7, 11) is 0. The van der Waals surface area contributed by atoms with E-state index in [1.165, 1.54) is 18.4 Å². The van der Waals surface area contributed by atoms with Crippen molar-refractivity contribution in [2.24, 2.45) is 0 Å². The van der Waals surface area contributed by atoms with Crippen LogP contribution in [-0.4, -0.2) is 27.0 Å². The lowest BCUT2D eigenvalue weighted by atomic mass is 10.1. The number of aromatic nitrogens is 2. The van der Waals surface area contributed by atoms with E-state index in [0.717, 1.165) is 22.7 Å². The number of unbranched alkanes of at least 4 members (excludes halogenated alkanes) is 1. The highest BCUT2D eigenvalue weighted by Crippen LogP contribution is 2.19. The van der Waals surface area contributed by atoms with E-state index in [0.29, 0.717) is 22.5 Å². The Morgan fingerprint density at radius 3 is 2.58 bits per heavy atom. The van der Waals surface area contributed by atoms with Crippen LogP contribution in [0.15, 0.2) is 27.8 Å². The lowest BCUT2D eigenvalue weighted by Gasteiger charge is -2.26. The summed E-state index contributed by atoms with van der Waals surface area (Å²) >= 11 is 9.44. The molecule has 0 unspecified atom stereocenters. The maximum absolute atomic E-state index is 13.1. The second-order valence-electron chi connectivity index (χ2n) is 6.41. The summed E-state index contributed by atoms with van der Waals surface area (Å²) < 4.78 is 7.55. The average Bonchev–Trinajstić information content (AvgIpc) is 2.57. The molecular formula is C18H22BrClN2O4. The van der Waals surface area contributed by atoms with Crippen LogP contribution in [0.4, 0.5) is 0 Å². The topological polar surface area (TPSA) is 70.3 Å². The molecular weight excluding hydrogens is 424 g/mol. The van der Waals surface area contributed by atoms with Crippen molar-refractivity contribution in [3.05, 3.63) is 44.1 Å². The molecule has 1 aromatic heterocycles. The fourth-order valence-corrected chi connectivity index (χ4v) is 3.38. The number of carbonyl (C=O) groups excluding carboxylic acids is 1. The monoisotopic (exact) mass is 444 g/mol. The van der Waals surface area contributed by atoms with Gasteiger partial charge in [0, 0.05) is 16.9 Å². The first-order chi connectivity index (χ1) is 12.3. The molecule has 0 spiro atoms. The van der Waals surface area contributed by atoms with Crippen molar-refractivity contribution in [1.82, 2.24) is 9.13 Å². The number of hydrogen-bond donors (Lipinski definition) is 0. The molecule has 0 aliphatic carbocycles. The number of alkyl halides is 1. The zero-order chi connectivity index (χ0) is 19.5. The van der Waals surface area contributed by atoms with Crippen LogP contribution in [0.2, 0.25) is 5.02 Å². The molecule has 0 bridgehead atoms. The van der Waals surface area contributed by atoms with Crippen molar-refractivity contribution >= 4 is 44.4 Å². The van der Waals surface area contributed by atoms with Gasteiger partial charge in [0.05, 0.1) is 17.5 Å². The van der Waals surface area contributed by atoms with E-state index in [-0.39, 0.29) is 6.61 Å². The van der Waals surface area contributed by atoms with Crippen LogP contribution in [0, 0.1) is 0 Å². The number of nitrogens with zero attached hydrogens (tertiary/aromatic N) is 2. The first-order valence-corrected chi connectivity index (χ1v) is 9.94. The van der Waals surface area contributed by atoms with Crippen molar-refractivity contribution in [2.75, 3.05) is 11.9 Å². The number of benzene rings is 1. The van der Waals surface area contributed by atoms with E-state index in [1.54, 1.807) is 25.1 Å². The van der Waals surface area contributed by atoms with Crippen molar-refractivity contribution in [3.63, 3.8) is 0 Å². The number of esters is 1. The Morgan fingerprint density at radius 2 is 1.96 bits per heavy atom. The summed E-state index contributed by atoms with van der Waals surface area (Å²) in [6.07, 6.45) is 1.61. The third-order valence-corrected chi connectivity index (χ3v) is 5.00. The molecule has 1 aromatic carbocycles. The minimum absolute atomic E-state index is 0.166. The van der Waals surface area contributed by atoms with Gasteiger partial charge in [0.25, 0.3) is 5.56 Å². The highest BCUT2D eigenvalue weighted by Gasteiger charge is 2.35. The van der Waals surface area contributed by atoms with Crippen LogP contribution in [0.1, 0.15) is 33.6 Å². The molecule has 0 saturated carbocycles. The minimum Gasteiger partial charge on any atom is -0.464 e. The van der Waals surface area contributed by atoms with Gasteiger partial charge < -0.3 is 4.74 Å². The molecule has 0 N–H and O–H groups in total. The number of rotatable bonds is 7. The number of halogens is 2. The van der Waals surface area contributed by atoms with Crippen LogP contribution in [0.25, 0.3) is 10.9 Å². The molecule has 26 heavy (non-hydrogen) atoms. The molecule has 0 radical (unpaired) electrons. The van der Waals surface area contributed by atoms with Crippen LogP contribution < -0.4 is 11.2 Å². The molecule has 0 saturated heterocycles. The molecule has 0 aliphatic heterocycles. The first kappa shape index (κ1) is 20.7. The standard InChI is InChI=1S/C18H22BrClN2O4/c1-4-26-16(24)18(2,3)22-15(23)13-8-7-12(20)11-14(13)21(17(22)25)10-6-5-9-19/h7-8,11H,4-6,9-10H2,1-3H3. The highest BCUT2D eigenvalue weighted by molar-refractivity contribution is 9.09. The van der Waals surface area contributed by atoms with Crippen LogP contribution >= 0.6 is 27.5 Å². The van der Waals surface area contributed by atoms with Crippen molar-refractivity contribution in [3.8, 4) is 0 Å². The van der Waals surface area contributed by atoms with E-state index in [4.69, 9.17) is 16.3 Å². The normalized spacial score (nSPS) is 11.7. The number of aryl methyl sites for hydroxylation is 1. The van der Waals surface area contributed by atoms with Crippen molar-refractivity contribution in [1.29, 1.82) is 0 Å². The molecule has 8 heteroatoms. The Bertz CT molecular complexity index is 933. The Labute approximate surface area is 164 Å². The molecule has 0 aliphatic rings. The Hall–Kier alpha value is -1.60. The van der Waals surface area contributed by atoms with Crippen molar-refractivity contribution < 1.29 is 9.53 Å². The maximum Gasteiger partial charge on any atom is 0.332 e. The summed E-state index contributed by atoms with van der Waals surface area (Å²) in [6.45, 7) is 5.29. The zero-order valence-corrected chi connectivity index (χ0v) is 17.4. The second kappa shape index (κ2) is 8.39. The van der Waals surface area contributed by atoms with Gasteiger partial charge >= 0.3 is 11.7 Å². The second-order valence-corrected chi connectivity index (χ2v) is 7.64. The Kier molecular flexibility index (Phi) is 6.69. The largest absolute Gasteiger partial charge is 0.464 e. The molecule has 0 atom stereocenters. The van der Waals surface area contributed by atoms with Gasteiger partial charge in [-0.05, 0) is 51.8 Å². The number of carbonyl (C=O) groups is 1. The fourth-order valence-electron chi connectivity index (χ4n) is 2.81. The van der Waals surface area contributed by atoms with E-state index < -0.39 is 22.8 Å². The lowest BCUT2D eigenvalue weighted by Crippen LogP contribution is -2.53. The van der Waals surface area contributed by atoms with Crippen LogP contribution in [0.5, 0.6) is 0 Å². The van der Waals surface area contributed by atoms with Gasteiger partial charge in [-0.1, -0.05) is 27.5 Å². The summed E-state index contributed by atoms with van der Waals surface area (Å²) in [6, 6.07) is 4.79. The average molecular weight is 446 g/mol. The van der Waals surface area contributed by atoms with Gasteiger partial charge in [-0.25, -0.2) is 14.2 Å². The van der Waals surface area contributed by atoms with Gasteiger partial charge in [0.2, 0.25) is 0 Å². The van der Waals surface area contributed by atoms with Gasteiger partial charge in [0.1, 0.15) is 5.54 Å². The Balaban J connectivity index is 2.79. The quantitative estimate of drug-likeness (QED) is 0.372. The van der Waals surface area contributed by atoms with Gasteiger partial charge in [0.15, 0.2) is 0 Å². The van der Waals surface area contributed by atoms with E-state index in [2.05, 4.69) is 15.9 Å². The Morgan fingerprint density at radius 1 is 1.27 bits per heavy atom. The molecule has 142 valence electrons. The minimum atomic E-state index is -1.42. The van der Waals surface area contributed by atoms with Crippen LogP contribution in [0.3, 0.4) is 0 Å². The smallest absolute Gasteiger partial charge is 0.332 e. The summed E-state index contributed by atoms with van der Waals surface area (Å²) in [4.78, 5) is 38.5. The van der Waals surface area contributed by atoms with E-state index >= 15 is 0 Å². The number of hydrogen-bond acceptors (Lipinski definition) is 4. The molecule has 6 nitrogen and oxygen atoms in total. The lowest BCUT2D eigenvalue weighted by molar-refractivity contribution is -0.152. The summed E-state index contributed by atoms with van der Waals surface area (Å²) in [5, 5.41) is 1.59. The van der Waals surface area contributed by atoms with Crippen molar-refractivity contribution in [2.45, 2.75) is 45.7 Å². The fraction of sp³-hybridized carbons (Fsp3) is 0.500. The molecule has 0 fully saturated rings. The summed E-state index contributed by atoms with van der Waals surface area (Å²) in [5.74, 6) is -0.625. The SMILES string of the molecule is CCOC(=O)C(C)(C)n1c(=O)c2ccc(Cl)cc2n(CCCCBr)c1=O. The third kappa shape index (κ3) is 3.88. The molecule has 2 rings (SSSR count). The predicted molar refractivity (Wildman–Crippen MR) is 106 cm³/mol. The molecule has 1 heterocycles. The van der Waals surface area contributed by atoms with Gasteiger partial charge in [-0.15, -0.1) is 0 Å². The number of fused-ring (bicyclic) bond motifs is 1. The number of ether oxygens (including phenoxy) is 1. The van der Waals surface area contributed by atoms with Crippen LogP contribution in [-0.2, 0) is 21.6 Å².